The summed E-state index contributed by atoms with van der Waals surface area (Å²) < 4.78 is 18.6. The number of aryl methyl sites for hydroxylation is 1. The molecule has 0 amide bonds. The molecule has 0 aliphatic carbocycles. The summed E-state index contributed by atoms with van der Waals surface area (Å²) in [4.78, 5) is 0. The molecule has 0 fully saturated rings. The molecule has 0 bridgehead atoms. The van der Waals surface area contributed by atoms with Crippen molar-refractivity contribution in [2.45, 2.75) is 32.9 Å². The van der Waals surface area contributed by atoms with Crippen molar-refractivity contribution < 1.29 is 9.13 Å². The lowest BCUT2D eigenvalue weighted by molar-refractivity contribution is 0.0610. The van der Waals surface area contributed by atoms with Gasteiger partial charge in [-0.15, -0.1) is 0 Å². The maximum absolute atomic E-state index is 13.1. The SMILES string of the molecule is Cc1ccc(F)cc1C(COC(C)C)NN. The van der Waals surface area contributed by atoms with Crippen LogP contribution in [0.5, 0.6) is 0 Å². The first kappa shape index (κ1) is 13.1. The van der Waals surface area contributed by atoms with Crippen molar-refractivity contribution in [2.24, 2.45) is 5.84 Å². The van der Waals surface area contributed by atoms with Crippen molar-refractivity contribution in [2.75, 3.05) is 6.61 Å². The second-order valence-electron chi connectivity index (χ2n) is 4.10. The number of ether oxygens (including phenoxy) is 1. The largest absolute Gasteiger partial charge is 0.377 e. The molecule has 0 spiro atoms. The predicted octanol–water partition coefficient (Wildman–Crippen LogP) is 2.06. The van der Waals surface area contributed by atoms with E-state index in [1.165, 1.54) is 12.1 Å². The van der Waals surface area contributed by atoms with Crippen LogP contribution >= 0.6 is 0 Å². The zero-order valence-electron chi connectivity index (χ0n) is 9.96. The van der Waals surface area contributed by atoms with E-state index in [1.807, 2.05) is 20.8 Å². The van der Waals surface area contributed by atoms with Crippen LogP contribution in [0, 0.1) is 12.7 Å². The van der Waals surface area contributed by atoms with Gasteiger partial charge in [0.25, 0.3) is 0 Å². The summed E-state index contributed by atoms with van der Waals surface area (Å²) in [5.74, 6) is 5.20. The molecule has 1 rings (SSSR count). The van der Waals surface area contributed by atoms with Crippen LogP contribution in [0.15, 0.2) is 18.2 Å². The van der Waals surface area contributed by atoms with E-state index >= 15 is 0 Å². The quantitative estimate of drug-likeness (QED) is 0.597. The van der Waals surface area contributed by atoms with Gasteiger partial charge in [0.2, 0.25) is 0 Å². The molecule has 1 aromatic rings. The number of nitrogens with two attached hydrogens (primary N) is 1. The Hall–Kier alpha value is -0.970. The maximum Gasteiger partial charge on any atom is 0.123 e. The van der Waals surface area contributed by atoms with Crippen LogP contribution < -0.4 is 11.3 Å². The van der Waals surface area contributed by atoms with Crippen LogP contribution in [0.4, 0.5) is 4.39 Å². The van der Waals surface area contributed by atoms with Gasteiger partial charge < -0.3 is 4.74 Å². The summed E-state index contributed by atoms with van der Waals surface area (Å²) in [6.07, 6.45) is 0.129. The van der Waals surface area contributed by atoms with Gasteiger partial charge in [0.05, 0.1) is 18.8 Å². The summed E-state index contributed by atoms with van der Waals surface area (Å²) in [6.45, 7) is 6.25. The van der Waals surface area contributed by atoms with Crippen molar-refractivity contribution in [1.29, 1.82) is 0 Å². The van der Waals surface area contributed by atoms with Gasteiger partial charge in [-0.2, -0.15) is 0 Å². The highest BCUT2D eigenvalue weighted by molar-refractivity contribution is 5.29. The molecule has 16 heavy (non-hydrogen) atoms. The van der Waals surface area contributed by atoms with Gasteiger partial charge >= 0.3 is 0 Å². The molecule has 3 N–H and O–H groups in total. The number of benzene rings is 1. The minimum absolute atomic E-state index is 0.129. The number of hydrazine groups is 1. The second kappa shape index (κ2) is 5.94. The summed E-state index contributed by atoms with van der Waals surface area (Å²) in [6, 6.07) is 4.49. The van der Waals surface area contributed by atoms with E-state index in [-0.39, 0.29) is 18.0 Å². The third-order valence-electron chi connectivity index (χ3n) is 2.41. The fraction of sp³-hybridized carbons (Fsp3) is 0.500. The first-order valence-electron chi connectivity index (χ1n) is 5.38. The molecule has 0 radical (unpaired) electrons. The topological polar surface area (TPSA) is 47.3 Å². The molecule has 3 nitrogen and oxygen atoms in total. The lowest BCUT2D eigenvalue weighted by Gasteiger charge is -2.20. The third-order valence-corrected chi connectivity index (χ3v) is 2.41. The highest BCUT2D eigenvalue weighted by Gasteiger charge is 2.13. The van der Waals surface area contributed by atoms with Gasteiger partial charge in [0.1, 0.15) is 5.82 Å². The molecule has 1 atom stereocenters. The number of rotatable bonds is 5. The third kappa shape index (κ3) is 3.56. The van der Waals surface area contributed by atoms with E-state index in [0.29, 0.717) is 6.61 Å². The van der Waals surface area contributed by atoms with Gasteiger partial charge in [-0.05, 0) is 44.0 Å². The molecule has 1 aromatic carbocycles. The number of hydrogen-bond donors (Lipinski definition) is 2. The van der Waals surface area contributed by atoms with Gasteiger partial charge in [-0.3, -0.25) is 11.3 Å². The second-order valence-corrected chi connectivity index (χ2v) is 4.10. The van der Waals surface area contributed by atoms with Gasteiger partial charge in [-0.25, -0.2) is 4.39 Å². The lowest BCUT2D eigenvalue weighted by atomic mass is 10.0. The van der Waals surface area contributed by atoms with Crippen molar-refractivity contribution in [3.63, 3.8) is 0 Å². The van der Waals surface area contributed by atoms with Crippen molar-refractivity contribution in [1.82, 2.24) is 5.43 Å². The Morgan fingerprint density at radius 1 is 1.44 bits per heavy atom. The summed E-state index contributed by atoms with van der Waals surface area (Å²) in [5.41, 5.74) is 4.48. The molecule has 1 unspecified atom stereocenters. The fourth-order valence-corrected chi connectivity index (χ4v) is 1.50. The smallest absolute Gasteiger partial charge is 0.123 e. The zero-order chi connectivity index (χ0) is 12.1. The first-order valence-corrected chi connectivity index (χ1v) is 5.38. The van der Waals surface area contributed by atoms with Gasteiger partial charge in [0.15, 0.2) is 0 Å². The van der Waals surface area contributed by atoms with E-state index in [9.17, 15) is 4.39 Å². The van der Waals surface area contributed by atoms with Crippen molar-refractivity contribution in [3.8, 4) is 0 Å². The van der Waals surface area contributed by atoms with E-state index < -0.39 is 0 Å². The standard InChI is InChI=1S/C12H19FN2O/c1-8(2)16-7-12(15-14)11-6-10(13)5-4-9(11)3/h4-6,8,12,15H,7,14H2,1-3H3. The van der Waals surface area contributed by atoms with E-state index in [0.717, 1.165) is 11.1 Å². The predicted molar refractivity (Wildman–Crippen MR) is 62.3 cm³/mol. The molecule has 0 heterocycles. The summed E-state index contributed by atoms with van der Waals surface area (Å²) in [7, 11) is 0. The molecular formula is C12H19FN2O. The Kier molecular flexibility index (Phi) is 4.86. The molecule has 0 aliphatic rings. The zero-order valence-corrected chi connectivity index (χ0v) is 9.96. The number of halogens is 1. The average molecular weight is 226 g/mol. The molecule has 0 aliphatic heterocycles. The van der Waals surface area contributed by atoms with Crippen molar-refractivity contribution in [3.05, 3.63) is 35.1 Å². The normalized spacial score (nSPS) is 13.1. The van der Waals surface area contributed by atoms with E-state index in [1.54, 1.807) is 6.07 Å². The monoisotopic (exact) mass is 226 g/mol. The average Bonchev–Trinajstić information content (AvgIpc) is 2.23. The molecule has 0 saturated carbocycles. The Bertz CT molecular complexity index is 342. The number of nitrogens with one attached hydrogen (secondary N) is 1. The number of hydrogen-bond acceptors (Lipinski definition) is 3. The fourth-order valence-electron chi connectivity index (χ4n) is 1.50. The Morgan fingerprint density at radius 3 is 2.69 bits per heavy atom. The Labute approximate surface area is 95.8 Å². The van der Waals surface area contributed by atoms with Crippen LogP contribution in [0.1, 0.15) is 31.0 Å². The van der Waals surface area contributed by atoms with Crippen molar-refractivity contribution >= 4 is 0 Å². The van der Waals surface area contributed by atoms with E-state index in [4.69, 9.17) is 10.6 Å². The molecule has 90 valence electrons. The molecule has 0 saturated heterocycles. The van der Waals surface area contributed by atoms with Crippen LogP contribution in [0.3, 0.4) is 0 Å². The summed E-state index contributed by atoms with van der Waals surface area (Å²) in [5, 5.41) is 0. The lowest BCUT2D eigenvalue weighted by Crippen LogP contribution is -2.32. The Balaban J connectivity index is 2.81. The van der Waals surface area contributed by atoms with Gasteiger partial charge in [-0.1, -0.05) is 6.07 Å². The minimum Gasteiger partial charge on any atom is -0.377 e. The van der Waals surface area contributed by atoms with Gasteiger partial charge in [0, 0.05) is 0 Å². The van der Waals surface area contributed by atoms with Crippen LogP contribution in [-0.4, -0.2) is 12.7 Å². The Morgan fingerprint density at radius 2 is 2.12 bits per heavy atom. The first-order chi connectivity index (χ1) is 7.54. The summed E-state index contributed by atoms with van der Waals surface area (Å²) >= 11 is 0. The highest BCUT2D eigenvalue weighted by atomic mass is 19.1. The maximum atomic E-state index is 13.1. The highest BCUT2D eigenvalue weighted by Crippen LogP contribution is 2.19. The van der Waals surface area contributed by atoms with Crippen LogP contribution in [0.25, 0.3) is 0 Å². The molecular weight excluding hydrogens is 207 g/mol. The van der Waals surface area contributed by atoms with E-state index in [2.05, 4.69) is 5.43 Å². The minimum atomic E-state index is -0.259. The van der Waals surface area contributed by atoms with Crippen LogP contribution in [0.2, 0.25) is 0 Å². The molecule has 4 heteroatoms. The van der Waals surface area contributed by atoms with Crippen LogP contribution in [-0.2, 0) is 4.74 Å². The molecule has 0 aromatic heterocycles.